The van der Waals surface area contributed by atoms with Crippen LogP contribution in [0.5, 0.6) is 0 Å². The second-order valence-corrected chi connectivity index (χ2v) is 14.2. The van der Waals surface area contributed by atoms with Crippen molar-refractivity contribution in [2.75, 3.05) is 26.2 Å². The minimum absolute atomic E-state index is 0.0278. The summed E-state index contributed by atoms with van der Waals surface area (Å²) in [5, 5.41) is 12.4. The zero-order chi connectivity index (χ0) is 36.8. The van der Waals surface area contributed by atoms with Crippen molar-refractivity contribution in [3.05, 3.63) is 108 Å². The molecule has 0 aromatic heterocycles. The van der Waals surface area contributed by atoms with Crippen molar-refractivity contribution in [2.45, 2.75) is 129 Å². The molecule has 0 radical (unpaired) electrons. The first-order valence-electron chi connectivity index (χ1n) is 20.0. The van der Waals surface area contributed by atoms with E-state index in [2.05, 4.69) is 79.2 Å². The highest BCUT2D eigenvalue weighted by atomic mass is 16.7. The van der Waals surface area contributed by atoms with Crippen molar-refractivity contribution >= 4 is 6.09 Å². The number of carbonyl (C=O) groups is 1. The van der Waals surface area contributed by atoms with E-state index in [1.165, 1.54) is 77.0 Å². The Hall–Kier alpha value is -3.49. The van der Waals surface area contributed by atoms with Crippen LogP contribution in [-0.2, 0) is 27.4 Å². The lowest BCUT2D eigenvalue weighted by Gasteiger charge is -2.38. The van der Waals surface area contributed by atoms with Gasteiger partial charge in [0, 0.05) is 25.1 Å². The van der Waals surface area contributed by atoms with Gasteiger partial charge in [-0.1, -0.05) is 157 Å². The minimum atomic E-state index is -0.489. The molecular weight excluding hydrogens is 649 g/mol. The highest BCUT2D eigenvalue weighted by Gasteiger charge is 2.33. The van der Waals surface area contributed by atoms with Crippen molar-refractivity contribution in [3.63, 3.8) is 0 Å². The number of amides is 1. The molecule has 3 aromatic rings. The third-order valence-electron chi connectivity index (χ3n) is 9.94. The van der Waals surface area contributed by atoms with Crippen LogP contribution >= 0.6 is 0 Å². The van der Waals surface area contributed by atoms with Gasteiger partial charge < -0.3 is 29.5 Å². The molecule has 4 rings (SSSR count). The van der Waals surface area contributed by atoms with E-state index < -0.39 is 12.4 Å². The fraction of sp³-hybridized carbons (Fsp3) is 0.533. The number of rotatable bonds is 24. The summed E-state index contributed by atoms with van der Waals surface area (Å²) >= 11 is 0. The maximum atomic E-state index is 11.9. The Morgan fingerprint density at radius 2 is 1.44 bits per heavy atom. The zero-order valence-corrected chi connectivity index (χ0v) is 31.9. The van der Waals surface area contributed by atoms with Gasteiger partial charge in [0.2, 0.25) is 0 Å². The molecule has 1 saturated heterocycles. The number of carbonyl (C=O) groups excluding carboxylic acids is 1. The quantitative estimate of drug-likeness (QED) is 0.0711. The number of unbranched alkanes of at least 4 members (excludes halogenated alkanes) is 10. The van der Waals surface area contributed by atoms with Crippen LogP contribution in [0.2, 0.25) is 0 Å². The fourth-order valence-electron chi connectivity index (χ4n) is 6.90. The van der Waals surface area contributed by atoms with Gasteiger partial charge in [0.05, 0.1) is 18.8 Å². The van der Waals surface area contributed by atoms with Gasteiger partial charge in [0.15, 0.2) is 6.29 Å². The number of alkyl carbamates (subject to hydrolysis) is 1. The Balaban J connectivity index is 1.46. The molecule has 1 aliphatic rings. The van der Waals surface area contributed by atoms with E-state index in [-0.39, 0.29) is 25.4 Å². The molecule has 1 heterocycles. The maximum Gasteiger partial charge on any atom is 0.407 e. The van der Waals surface area contributed by atoms with E-state index in [0.29, 0.717) is 6.54 Å². The van der Waals surface area contributed by atoms with Crippen molar-refractivity contribution in [1.29, 1.82) is 0 Å². The van der Waals surface area contributed by atoms with Crippen LogP contribution in [0.3, 0.4) is 0 Å². The Bertz CT molecular complexity index is 1410. The molecule has 7 heteroatoms. The monoisotopic (exact) mass is 712 g/mol. The van der Waals surface area contributed by atoms with Gasteiger partial charge in [-0.05, 0) is 59.8 Å². The summed E-state index contributed by atoms with van der Waals surface area (Å²) < 4.78 is 18.5. The number of aliphatic hydroxyl groups is 1. The summed E-state index contributed by atoms with van der Waals surface area (Å²) in [5.41, 5.74) is 6.13. The van der Waals surface area contributed by atoms with Gasteiger partial charge in [-0.15, -0.1) is 0 Å². The maximum absolute atomic E-state index is 11.9. The average molecular weight is 713 g/mol. The molecule has 52 heavy (non-hydrogen) atoms. The van der Waals surface area contributed by atoms with Crippen molar-refractivity contribution < 1.29 is 24.1 Å². The highest BCUT2D eigenvalue weighted by molar-refractivity contribution is 5.68. The van der Waals surface area contributed by atoms with Crippen LogP contribution in [0.4, 0.5) is 4.79 Å². The second-order valence-electron chi connectivity index (χ2n) is 14.2. The molecule has 7 nitrogen and oxygen atoms in total. The Kier molecular flexibility index (Phi) is 19.0. The smallest absolute Gasteiger partial charge is 0.407 e. The number of nitrogens with one attached hydrogen (secondary N) is 1. The van der Waals surface area contributed by atoms with E-state index in [1.54, 1.807) is 6.08 Å². The topological polar surface area (TPSA) is 80.3 Å². The van der Waals surface area contributed by atoms with Gasteiger partial charge >= 0.3 is 6.09 Å². The lowest BCUT2D eigenvalue weighted by Crippen LogP contribution is -2.40. The second kappa shape index (κ2) is 23.9. The predicted molar refractivity (Wildman–Crippen MR) is 212 cm³/mol. The van der Waals surface area contributed by atoms with E-state index in [4.69, 9.17) is 14.2 Å². The Morgan fingerprint density at radius 3 is 2.08 bits per heavy atom. The first kappa shape index (κ1) is 41.3. The van der Waals surface area contributed by atoms with Crippen LogP contribution < -0.4 is 5.32 Å². The molecule has 0 unspecified atom stereocenters. The van der Waals surface area contributed by atoms with Crippen molar-refractivity contribution in [1.82, 2.24) is 10.2 Å². The average Bonchev–Trinajstić information content (AvgIpc) is 3.18. The Labute approximate surface area is 313 Å². The normalized spacial score (nSPS) is 17.3. The molecular formula is C45H64N2O5. The highest BCUT2D eigenvalue weighted by Crippen LogP contribution is 2.39. The van der Waals surface area contributed by atoms with Gasteiger partial charge in [-0.25, -0.2) is 4.79 Å². The first-order valence-corrected chi connectivity index (χ1v) is 20.0. The lowest BCUT2D eigenvalue weighted by atomic mass is 9.98. The molecule has 0 spiro atoms. The molecule has 0 aliphatic carbocycles. The number of hydrogen-bond acceptors (Lipinski definition) is 6. The predicted octanol–water partition coefficient (Wildman–Crippen LogP) is 10.8. The molecule has 284 valence electrons. The third-order valence-corrected chi connectivity index (χ3v) is 9.94. The number of benzene rings is 3. The summed E-state index contributed by atoms with van der Waals surface area (Å²) in [6, 6.07) is 24.8. The van der Waals surface area contributed by atoms with Crippen molar-refractivity contribution in [2.24, 2.45) is 0 Å². The van der Waals surface area contributed by atoms with Crippen LogP contribution in [0.25, 0.3) is 11.1 Å². The summed E-state index contributed by atoms with van der Waals surface area (Å²) in [7, 11) is 0. The largest absolute Gasteiger partial charge is 0.445 e. The van der Waals surface area contributed by atoms with Gasteiger partial charge in [0.25, 0.3) is 0 Å². The fourth-order valence-corrected chi connectivity index (χ4v) is 6.90. The van der Waals surface area contributed by atoms with Gasteiger partial charge in [0.1, 0.15) is 6.61 Å². The number of ether oxygens (including phenoxy) is 3. The Morgan fingerprint density at radius 1 is 0.808 bits per heavy atom. The zero-order valence-electron chi connectivity index (χ0n) is 31.9. The molecule has 1 amide bonds. The molecule has 1 fully saturated rings. The van der Waals surface area contributed by atoms with Crippen LogP contribution in [0.1, 0.15) is 132 Å². The SMILES string of the molecule is C=CCOC(=O)NCc1cccc(-c2ccc([C@H]3O[C@@H](CN(CCCCCCCC)CCCCCCCC)C[C@@H](c4ccc(CO)cc4)O3)cc2)c1. The molecule has 0 saturated carbocycles. The summed E-state index contributed by atoms with van der Waals surface area (Å²) in [5.74, 6) is 0. The van der Waals surface area contributed by atoms with E-state index in [9.17, 15) is 9.90 Å². The van der Waals surface area contributed by atoms with Crippen LogP contribution in [0.15, 0.2) is 85.5 Å². The van der Waals surface area contributed by atoms with Crippen molar-refractivity contribution in [3.8, 4) is 11.1 Å². The molecule has 2 N–H and O–H groups in total. The standard InChI is InChI=1S/C45H64N2O5/c1-4-7-9-11-13-15-28-47(29-16-14-12-10-8-5-2)34-42-32-43(39-22-20-36(35-48)21-23-39)52-44(51-42)40-26-24-38(25-27-40)41-19-17-18-37(31-41)33-46-45(49)50-30-6-3/h6,17-27,31,42-44,48H,3-5,7-16,28-30,32-35H2,1-2H3,(H,46,49)/t42-,43+,44+/m1/s1. The van der Waals surface area contributed by atoms with Gasteiger partial charge in [-0.2, -0.15) is 0 Å². The first-order chi connectivity index (χ1) is 25.5. The van der Waals surface area contributed by atoms with E-state index in [0.717, 1.165) is 59.4 Å². The van der Waals surface area contributed by atoms with E-state index in [1.807, 2.05) is 24.3 Å². The molecule has 3 aromatic carbocycles. The van der Waals surface area contributed by atoms with Crippen LogP contribution in [0, 0.1) is 0 Å². The minimum Gasteiger partial charge on any atom is -0.445 e. The number of aliphatic hydroxyl groups excluding tert-OH is 1. The number of nitrogens with zero attached hydrogens (tertiary/aromatic N) is 1. The third kappa shape index (κ3) is 14.5. The molecule has 0 bridgehead atoms. The lowest BCUT2D eigenvalue weighted by molar-refractivity contribution is -0.253. The van der Waals surface area contributed by atoms with E-state index >= 15 is 0 Å². The van der Waals surface area contributed by atoms with Gasteiger partial charge in [-0.3, -0.25) is 0 Å². The summed E-state index contributed by atoms with van der Waals surface area (Å²) in [4.78, 5) is 14.6. The molecule has 3 atom stereocenters. The summed E-state index contributed by atoms with van der Waals surface area (Å²) in [6.45, 7) is 11.8. The summed E-state index contributed by atoms with van der Waals surface area (Å²) in [6.07, 6.45) is 16.9. The number of hydrogen-bond donors (Lipinski definition) is 2. The van der Waals surface area contributed by atoms with Crippen LogP contribution in [-0.4, -0.2) is 48.4 Å². The molecule has 1 aliphatic heterocycles.